The molecule has 1 aromatic heterocycles. The molecule has 200 valence electrons. The number of benzene rings is 3. The molecule has 0 amide bonds. The van der Waals surface area contributed by atoms with E-state index in [9.17, 15) is 13.2 Å². The number of rotatable bonds is 8. The van der Waals surface area contributed by atoms with E-state index in [2.05, 4.69) is 63.7 Å². The van der Waals surface area contributed by atoms with Crippen molar-refractivity contribution < 1.29 is 17.9 Å². The van der Waals surface area contributed by atoms with E-state index < -0.39 is 6.36 Å². The summed E-state index contributed by atoms with van der Waals surface area (Å²) in [6.45, 7) is 6.27. The van der Waals surface area contributed by atoms with Crippen LogP contribution in [0.4, 0.5) is 13.2 Å². The second kappa shape index (κ2) is 10.8. The number of nitrogens with two attached hydrogens (primary N) is 2. The molecule has 0 fully saturated rings. The average molecular weight is 523 g/mol. The Kier molecular flexibility index (Phi) is 7.47. The average Bonchev–Trinajstić information content (AvgIpc) is 3.24. The number of halogens is 3. The maximum Gasteiger partial charge on any atom is 0.573 e. The van der Waals surface area contributed by atoms with Crippen LogP contribution in [-0.4, -0.2) is 28.9 Å². The van der Waals surface area contributed by atoms with Crippen molar-refractivity contribution in [3.8, 4) is 16.9 Å². The van der Waals surface area contributed by atoms with Crippen molar-refractivity contribution >= 4 is 10.9 Å². The minimum atomic E-state index is -4.76. The lowest BCUT2D eigenvalue weighted by molar-refractivity contribution is -0.274. The number of nitrogens with zero attached hydrogens (tertiary/aromatic N) is 2. The Bertz CT molecular complexity index is 1440. The van der Waals surface area contributed by atoms with Crippen molar-refractivity contribution in [2.24, 2.45) is 11.5 Å². The summed E-state index contributed by atoms with van der Waals surface area (Å²) in [6, 6.07) is 17.6. The van der Waals surface area contributed by atoms with Crippen LogP contribution in [0.25, 0.3) is 22.0 Å². The summed E-state index contributed by atoms with van der Waals surface area (Å²) in [5.41, 5.74) is 20.5. The Hall–Kier alpha value is -3.33. The number of ether oxygens (including phenoxy) is 1. The third kappa shape index (κ3) is 5.72. The summed E-state index contributed by atoms with van der Waals surface area (Å²) in [5.74, 6) is -0.269. The number of fused-ring (bicyclic) bond motifs is 2. The summed E-state index contributed by atoms with van der Waals surface area (Å²) in [6.07, 6.45) is -0.845. The molecule has 1 aliphatic heterocycles. The van der Waals surface area contributed by atoms with Gasteiger partial charge in [0.2, 0.25) is 0 Å². The monoisotopic (exact) mass is 522 g/mol. The predicted molar refractivity (Wildman–Crippen MR) is 145 cm³/mol. The summed E-state index contributed by atoms with van der Waals surface area (Å²) < 4.78 is 44.7. The molecular weight excluding hydrogens is 489 g/mol. The highest BCUT2D eigenvalue weighted by atomic mass is 19.4. The van der Waals surface area contributed by atoms with Gasteiger partial charge >= 0.3 is 6.36 Å². The Balaban J connectivity index is 1.49. The first-order chi connectivity index (χ1) is 18.2. The van der Waals surface area contributed by atoms with E-state index in [0.29, 0.717) is 12.1 Å². The van der Waals surface area contributed by atoms with Crippen molar-refractivity contribution in [1.29, 1.82) is 0 Å². The number of aryl methyl sites for hydroxylation is 2. The summed E-state index contributed by atoms with van der Waals surface area (Å²) in [7, 11) is 0. The number of hydrogen-bond acceptors (Lipinski definition) is 4. The summed E-state index contributed by atoms with van der Waals surface area (Å²) >= 11 is 0. The summed E-state index contributed by atoms with van der Waals surface area (Å²) in [4.78, 5) is 2.46. The highest BCUT2D eigenvalue weighted by Crippen LogP contribution is 2.36. The number of hydrogen-bond donors (Lipinski definition) is 2. The minimum Gasteiger partial charge on any atom is -0.406 e. The molecule has 0 bridgehead atoms. The first kappa shape index (κ1) is 26.3. The van der Waals surface area contributed by atoms with Crippen LogP contribution < -0.4 is 16.2 Å². The second-order valence-corrected chi connectivity index (χ2v) is 10.0. The molecule has 5 nitrogen and oxygen atoms in total. The predicted octanol–water partition coefficient (Wildman–Crippen LogP) is 5.88. The van der Waals surface area contributed by atoms with E-state index in [1.807, 2.05) is 0 Å². The first-order valence-electron chi connectivity index (χ1n) is 13.0. The van der Waals surface area contributed by atoms with Crippen LogP contribution in [0.2, 0.25) is 0 Å². The van der Waals surface area contributed by atoms with Gasteiger partial charge in [-0.25, -0.2) is 0 Å². The lowest BCUT2D eigenvalue weighted by Crippen LogP contribution is -2.30. The van der Waals surface area contributed by atoms with Gasteiger partial charge in [0.05, 0.1) is 0 Å². The van der Waals surface area contributed by atoms with Gasteiger partial charge in [0.1, 0.15) is 5.75 Å². The summed E-state index contributed by atoms with van der Waals surface area (Å²) in [5, 5.41) is 1.05. The van der Waals surface area contributed by atoms with Gasteiger partial charge in [-0.05, 0) is 78.4 Å². The lowest BCUT2D eigenvalue weighted by atomic mass is 9.96. The third-order valence-corrected chi connectivity index (χ3v) is 7.23. The van der Waals surface area contributed by atoms with E-state index in [1.54, 1.807) is 6.07 Å². The lowest BCUT2D eigenvalue weighted by Gasteiger charge is -2.29. The quantitative estimate of drug-likeness (QED) is 0.303. The van der Waals surface area contributed by atoms with Gasteiger partial charge in [0, 0.05) is 55.4 Å². The van der Waals surface area contributed by atoms with Crippen LogP contribution in [0.1, 0.15) is 34.2 Å². The van der Waals surface area contributed by atoms with E-state index in [0.717, 1.165) is 61.1 Å². The van der Waals surface area contributed by atoms with E-state index in [4.69, 9.17) is 11.5 Å². The second-order valence-electron chi connectivity index (χ2n) is 10.0. The molecule has 4 aromatic rings. The fraction of sp³-hybridized carbons (Fsp3) is 0.333. The highest BCUT2D eigenvalue weighted by molar-refractivity contribution is 5.97. The largest absolute Gasteiger partial charge is 0.573 e. The SMILES string of the molecule is Cc1ccc2c(c1)CCN(Cc1ccc3c(c1)c(-c1ccc(OC(F)(F)F)cc1CN)cn3CCCN)C2. The molecule has 0 saturated heterocycles. The Morgan fingerprint density at radius 1 is 0.947 bits per heavy atom. The molecule has 0 spiro atoms. The number of aromatic nitrogens is 1. The normalized spacial score (nSPS) is 14.2. The minimum absolute atomic E-state index is 0.0895. The van der Waals surface area contributed by atoms with Crippen molar-refractivity contribution in [2.75, 3.05) is 13.1 Å². The van der Waals surface area contributed by atoms with Crippen LogP contribution in [0.3, 0.4) is 0 Å². The van der Waals surface area contributed by atoms with Crippen LogP contribution >= 0.6 is 0 Å². The molecule has 1 aliphatic rings. The van der Waals surface area contributed by atoms with Gasteiger partial charge in [-0.2, -0.15) is 0 Å². The molecule has 0 saturated carbocycles. The molecule has 4 N–H and O–H groups in total. The first-order valence-corrected chi connectivity index (χ1v) is 13.0. The topological polar surface area (TPSA) is 69.4 Å². The molecule has 0 radical (unpaired) electrons. The Labute approximate surface area is 220 Å². The molecule has 0 atom stereocenters. The molecule has 0 unspecified atom stereocenters. The van der Waals surface area contributed by atoms with Crippen LogP contribution in [0, 0.1) is 6.92 Å². The number of alkyl halides is 3. The van der Waals surface area contributed by atoms with Crippen molar-refractivity contribution in [2.45, 2.75) is 52.3 Å². The fourth-order valence-corrected chi connectivity index (χ4v) is 5.44. The smallest absolute Gasteiger partial charge is 0.406 e. The maximum absolute atomic E-state index is 12.8. The van der Waals surface area contributed by atoms with Crippen LogP contribution in [0.15, 0.2) is 60.8 Å². The third-order valence-electron chi connectivity index (χ3n) is 7.23. The van der Waals surface area contributed by atoms with Gasteiger partial charge in [-0.15, -0.1) is 13.2 Å². The van der Waals surface area contributed by atoms with Gasteiger partial charge in [0.15, 0.2) is 0 Å². The van der Waals surface area contributed by atoms with Crippen molar-refractivity contribution in [3.05, 3.63) is 88.6 Å². The standard InChI is InChI=1S/C30H33F3N4O/c1-20-3-5-23-18-36(12-9-22(23)13-20)17-21-4-8-29-27(14-21)28(19-37(29)11-2-10-34)26-7-6-25(15-24(26)16-35)38-30(31,32)33/h3-8,13-15,19H,2,9-12,16-18,34-35H2,1H3. The molecule has 8 heteroatoms. The van der Waals surface area contributed by atoms with Crippen LogP contribution in [0.5, 0.6) is 5.75 Å². The zero-order valence-electron chi connectivity index (χ0n) is 21.5. The zero-order valence-corrected chi connectivity index (χ0v) is 21.5. The molecule has 38 heavy (non-hydrogen) atoms. The fourth-order valence-electron chi connectivity index (χ4n) is 5.44. The van der Waals surface area contributed by atoms with Crippen molar-refractivity contribution in [1.82, 2.24) is 9.47 Å². The molecule has 2 heterocycles. The molecule has 3 aromatic carbocycles. The molecular formula is C30H33F3N4O. The molecule has 0 aliphatic carbocycles. The van der Waals surface area contributed by atoms with E-state index >= 15 is 0 Å². The van der Waals surface area contributed by atoms with E-state index in [1.165, 1.54) is 34.4 Å². The van der Waals surface area contributed by atoms with Crippen molar-refractivity contribution in [3.63, 3.8) is 0 Å². The Morgan fingerprint density at radius 2 is 1.79 bits per heavy atom. The van der Waals surface area contributed by atoms with Gasteiger partial charge in [0.25, 0.3) is 0 Å². The van der Waals surface area contributed by atoms with E-state index in [-0.39, 0.29) is 12.3 Å². The van der Waals surface area contributed by atoms with Gasteiger partial charge in [-0.3, -0.25) is 4.90 Å². The highest BCUT2D eigenvalue weighted by Gasteiger charge is 2.31. The van der Waals surface area contributed by atoms with Crippen LogP contribution in [-0.2, 0) is 32.6 Å². The molecule has 5 rings (SSSR count). The Morgan fingerprint density at radius 3 is 2.55 bits per heavy atom. The zero-order chi connectivity index (χ0) is 26.9. The van der Waals surface area contributed by atoms with Gasteiger partial charge < -0.3 is 20.8 Å². The maximum atomic E-state index is 12.8. The van der Waals surface area contributed by atoms with Gasteiger partial charge in [-0.1, -0.05) is 35.9 Å².